The number of ether oxygens (including phenoxy) is 1. The number of para-hydroxylation sites is 1. The van der Waals surface area contributed by atoms with Crippen LogP contribution in [0.25, 0.3) is 21.9 Å². The van der Waals surface area contributed by atoms with E-state index in [4.69, 9.17) is 10.5 Å². The molecule has 0 bridgehead atoms. The number of nitrogen functional groups attached to an aromatic ring is 1. The third-order valence-electron chi connectivity index (χ3n) is 7.74. The lowest BCUT2D eigenvalue weighted by Gasteiger charge is -2.31. The zero-order valence-electron chi connectivity index (χ0n) is 22.7. The molecular weight excluding hydrogens is 550 g/mol. The monoisotopic (exact) mass is 585 g/mol. The van der Waals surface area contributed by atoms with Gasteiger partial charge in [0.1, 0.15) is 5.52 Å². The first kappa shape index (κ1) is 28.5. The van der Waals surface area contributed by atoms with Crippen molar-refractivity contribution in [1.29, 1.82) is 0 Å². The van der Waals surface area contributed by atoms with Crippen LogP contribution in [-0.2, 0) is 24.6 Å². The molecule has 2 aromatic carbocycles. The number of piperidine rings is 1. The van der Waals surface area contributed by atoms with Crippen LogP contribution in [0.2, 0.25) is 0 Å². The Bertz CT molecular complexity index is 1710. The third kappa shape index (κ3) is 5.71. The first-order valence-electron chi connectivity index (χ1n) is 13.5. The van der Waals surface area contributed by atoms with E-state index >= 15 is 0 Å². The van der Waals surface area contributed by atoms with E-state index < -0.39 is 19.9 Å². The van der Waals surface area contributed by atoms with Gasteiger partial charge in [0.2, 0.25) is 10.0 Å². The van der Waals surface area contributed by atoms with Crippen molar-refractivity contribution >= 4 is 47.6 Å². The van der Waals surface area contributed by atoms with Gasteiger partial charge in [-0.05, 0) is 61.9 Å². The summed E-state index contributed by atoms with van der Waals surface area (Å²) in [5.74, 6) is 0.797. The predicted octanol–water partition coefficient (Wildman–Crippen LogP) is 4.03. The summed E-state index contributed by atoms with van der Waals surface area (Å²) >= 11 is 0. The van der Waals surface area contributed by atoms with Gasteiger partial charge in [-0.3, -0.25) is 0 Å². The fourth-order valence-corrected chi connectivity index (χ4v) is 7.46. The van der Waals surface area contributed by atoms with E-state index in [1.165, 1.54) is 28.6 Å². The van der Waals surface area contributed by atoms with Crippen LogP contribution < -0.4 is 5.73 Å². The molecule has 1 aliphatic rings. The summed E-state index contributed by atoms with van der Waals surface area (Å²) < 4.78 is 59.3. The predicted molar refractivity (Wildman–Crippen MR) is 155 cm³/mol. The fourth-order valence-electron chi connectivity index (χ4n) is 5.36. The second-order valence-corrected chi connectivity index (χ2v) is 14.3. The summed E-state index contributed by atoms with van der Waals surface area (Å²) in [5, 5.41) is 1.01. The molecule has 2 aromatic heterocycles. The number of anilines is 1. The Labute approximate surface area is 235 Å². The fraction of sp³-hybridized carbons (Fsp3) is 0.429. The maximum atomic E-state index is 13.1. The molecule has 3 heterocycles. The lowest BCUT2D eigenvalue weighted by molar-refractivity contribution is 0.0847. The average molecular weight is 586 g/mol. The molecule has 0 saturated carbocycles. The topological polar surface area (TPSA) is 137 Å². The highest BCUT2D eigenvalue weighted by atomic mass is 32.2. The molecule has 12 heteroatoms. The highest BCUT2D eigenvalue weighted by Gasteiger charge is 2.29. The number of sulfone groups is 1. The second-order valence-electron chi connectivity index (χ2n) is 10.4. The number of aromatic nitrogens is 3. The van der Waals surface area contributed by atoms with Crippen molar-refractivity contribution < 1.29 is 21.6 Å². The highest BCUT2D eigenvalue weighted by Crippen LogP contribution is 2.31. The molecule has 40 heavy (non-hydrogen) atoms. The average Bonchev–Trinajstić information content (AvgIpc) is 3.39. The molecule has 5 rings (SSSR count). The molecule has 1 fully saturated rings. The van der Waals surface area contributed by atoms with Gasteiger partial charge in [0.15, 0.2) is 15.7 Å². The molecule has 1 unspecified atom stereocenters. The minimum atomic E-state index is -3.66. The van der Waals surface area contributed by atoms with Gasteiger partial charge in [-0.15, -0.1) is 0 Å². The largest absolute Gasteiger partial charge is 0.382 e. The van der Waals surface area contributed by atoms with E-state index in [0.717, 1.165) is 48.4 Å². The van der Waals surface area contributed by atoms with Crippen LogP contribution in [0.5, 0.6) is 0 Å². The minimum Gasteiger partial charge on any atom is -0.382 e. The van der Waals surface area contributed by atoms with Gasteiger partial charge in [0.25, 0.3) is 0 Å². The van der Waals surface area contributed by atoms with Crippen LogP contribution >= 0.6 is 0 Å². The summed E-state index contributed by atoms with van der Waals surface area (Å²) in [6, 6.07) is 13.4. The van der Waals surface area contributed by atoms with E-state index in [0.29, 0.717) is 43.6 Å². The standard InChI is InChI=1S/C28H35N5O5S2/c1-3-21(33-19-30-26-27(33)24-6-4-5-7-25(24)31-28(26)29)18-38-17-14-20-12-15-32(16-13-20)40(36,37)23-10-8-22(9-11-23)39(2,34)35/h4-11,19-21H,3,12-18H2,1-2H3,(H2,29,31). The van der Waals surface area contributed by atoms with Gasteiger partial charge in [-0.2, -0.15) is 4.31 Å². The lowest BCUT2D eigenvalue weighted by Crippen LogP contribution is -2.38. The number of nitrogens with two attached hydrogens (primary N) is 1. The number of nitrogens with zero attached hydrogens (tertiary/aromatic N) is 4. The number of fused-ring (bicyclic) bond motifs is 3. The number of benzene rings is 2. The number of hydrogen-bond acceptors (Lipinski definition) is 8. The molecule has 1 saturated heterocycles. The number of imidazole rings is 1. The third-order valence-corrected chi connectivity index (χ3v) is 10.8. The molecule has 1 aliphatic heterocycles. The maximum Gasteiger partial charge on any atom is 0.243 e. The van der Waals surface area contributed by atoms with Crippen LogP contribution in [0.3, 0.4) is 0 Å². The molecule has 214 valence electrons. The summed E-state index contributed by atoms with van der Waals surface area (Å²) in [5.41, 5.74) is 8.70. The van der Waals surface area contributed by atoms with Crippen LogP contribution in [0.4, 0.5) is 5.82 Å². The Morgan fingerprint density at radius 2 is 1.70 bits per heavy atom. The molecule has 2 N–H and O–H groups in total. The van der Waals surface area contributed by atoms with Crippen molar-refractivity contribution in [1.82, 2.24) is 18.8 Å². The second kappa shape index (κ2) is 11.4. The highest BCUT2D eigenvalue weighted by molar-refractivity contribution is 7.90. The van der Waals surface area contributed by atoms with Crippen molar-refractivity contribution in [3.05, 3.63) is 54.9 Å². The number of hydrogen-bond donors (Lipinski definition) is 1. The van der Waals surface area contributed by atoms with E-state index in [2.05, 4.69) is 21.5 Å². The van der Waals surface area contributed by atoms with Gasteiger partial charge in [0.05, 0.1) is 39.8 Å². The number of rotatable bonds is 10. The van der Waals surface area contributed by atoms with E-state index in [-0.39, 0.29) is 15.8 Å². The molecule has 0 spiro atoms. The van der Waals surface area contributed by atoms with Crippen LogP contribution in [-0.4, -0.2) is 68.2 Å². The smallest absolute Gasteiger partial charge is 0.243 e. The van der Waals surface area contributed by atoms with Gasteiger partial charge in [0, 0.05) is 31.3 Å². The van der Waals surface area contributed by atoms with Gasteiger partial charge >= 0.3 is 0 Å². The van der Waals surface area contributed by atoms with E-state index in [1.54, 1.807) is 0 Å². The summed E-state index contributed by atoms with van der Waals surface area (Å²) in [6.07, 6.45) is 6.15. The summed E-state index contributed by atoms with van der Waals surface area (Å²) in [6.45, 7) is 4.12. The molecule has 0 aliphatic carbocycles. The first-order valence-corrected chi connectivity index (χ1v) is 16.8. The number of sulfonamides is 1. The Hall–Kier alpha value is -3.06. The van der Waals surface area contributed by atoms with Crippen molar-refractivity contribution in [2.75, 3.05) is 38.3 Å². The SMILES string of the molecule is CCC(COCCC1CCN(S(=O)(=O)c2ccc(S(C)(=O)=O)cc2)CC1)n1cnc2c(N)nc3ccccc3c21. The molecule has 0 radical (unpaired) electrons. The van der Waals surface area contributed by atoms with Gasteiger partial charge < -0.3 is 15.0 Å². The first-order chi connectivity index (χ1) is 19.1. The van der Waals surface area contributed by atoms with Crippen molar-refractivity contribution in [3.63, 3.8) is 0 Å². The summed E-state index contributed by atoms with van der Waals surface area (Å²) in [7, 11) is -7.05. The molecule has 0 amide bonds. The number of pyridine rings is 1. The van der Waals surface area contributed by atoms with Gasteiger partial charge in [-0.1, -0.05) is 25.1 Å². The molecule has 1 atom stereocenters. The van der Waals surface area contributed by atoms with Crippen LogP contribution in [0.1, 0.15) is 38.6 Å². The van der Waals surface area contributed by atoms with Gasteiger partial charge in [-0.25, -0.2) is 26.8 Å². The Morgan fingerprint density at radius 3 is 2.38 bits per heavy atom. The lowest BCUT2D eigenvalue weighted by atomic mass is 9.95. The van der Waals surface area contributed by atoms with Crippen molar-refractivity contribution in [2.24, 2.45) is 5.92 Å². The zero-order valence-corrected chi connectivity index (χ0v) is 24.4. The Balaban J connectivity index is 1.15. The van der Waals surface area contributed by atoms with Crippen LogP contribution in [0.15, 0.2) is 64.6 Å². The van der Waals surface area contributed by atoms with E-state index in [9.17, 15) is 16.8 Å². The molecule has 4 aromatic rings. The Morgan fingerprint density at radius 1 is 1.02 bits per heavy atom. The summed E-state index contributed by atoms with van der Waals surface area (Å²) in [4.78, 5) is 9.25. The molecule has 10 nitrogen and oxygen atoms in total. The quantitative estimate of drug-likeness (QED) is 0.276. The van der Waals surface area contributed by atoms with Crippen LogP contribution in [0, 0.1) is 5.92 Å². The van der Waals surface area contributed by atoms with Crippen molar-refractivity contribution in [3.8, 4) is 0 Å². The maximum absolute atomic E-state index is 13.1. The molecular formula is C28H35N5O5S2. The Kier molecular flexibility index (Phi) is 8.14. The normalized spacial score (nSPS) is 16.6. The zero-order chi connectivity index (χ0) is 28.5. The minimum absolute atomic E-state index is 0.0938. The van der Waals surface area contributed by atoms with E-state index in [1.807, 2.05) is 30.6 Å². The van der Waals surface area contributed by atoms with Crippen molar-refractivity contribution in [2.45, 2.75) is 48.4 Å².